The molecule has 7 heteroatoms. The molecule has 0 spiro atoms. The van der Waals surface area contributed by atoms with Gasteiger partial charge in [0.15, 0.2) is 0 Å². The van der Waals surface area contributed by atoms with Crippen LogP contribution in [-0.4, -0.2) is 52.1 Å². The molecule has 0 aromatic heterocycles. The van der Waals surface area contributed by atoms with E-state index in [0.717, 1.165) is 38.3 Å². The predicted molar refractivity (Wildman–Crippen MR) is 135 cm³/mol. The molecule has 33 heavy (non-hydrogen) atoms. The largest absolute Gasteiger partial charge is 0.369 e. The zero-order chi connectivity index (χ0) is 23.1. The van der Waals surface area contributed by atoms with Crippen molar-refractivity contribution < 1.29 is 8.42 Å². The Labute approximate surface area is 197 Å². The molecule has 6 nitrogen and oxygen atoms in total. The highest BCUT2D eigenvalue weighted by Crippen LogP contribution is 2.20. The normalized spacial score (nSPS) is 15.8. The van der Waals surface area contributed by atoms with Crippen LogP contribution in [-0.2, 0) is 16.6 Å². The summed E-state index contributed by atoms with van der Waals surface area (Å²) in [6.45, 7) is 7.80. The first-order valence-corrected chi connectivity index (χ1v) is 12.9. The fraction of sp³-hybridized carbons (Fsp3) is 0.308. The maximum Gasteiger partial charge on any atom is 0.261 e. The standard InChI is InChI=1S/C26H32N4O2S/c1-22(29-16-18-30(19-17-29)24-11-4-2-5-12-24)20-27-21-23-10-8-9-15-26(23)28-33(31,32)25-13-6-3-7-14-25/h2-15,22,27-28H,16-21H2,1H3. The minimum Gasteiger partial charge on any atom is -0.369 e. The van der Waals surface area contributed by atoms with Crippen molar-refractivity contribution in [3.8, 4) is 0 Å². The molecular weight excluding hydrogens is 432 g/mol. The summed E-state index contributed by atoms with van der Waals surface area (Å²) in [4.78, 5) is 5.21. The van der Waals surface area contributed by atoms with E-state index in [9.17, 15) is 8.42 Å². The van der Waals surface area contributed by atoms with Gasteiger partial charge in [-0.2, -0.15) is 0 Å². The molecule has 3 aromatic rings. The van der Waals surface area contributed by atoms with Gasteiger partial charge < -0.3 is 10.2 Å². The van der Waals surface area contributed by atoms with E-state index in [1.807, 2.05) is 24.3 Å². The fourth-order valence-corrected chi connectivity index (χ4v) is 5.30. The minimum atomic E-state index is -3.61. The highest BCUT2D eigenvalue weighted by atomic mass is 32.2. The van der Waals surface area contributed by atoms with Gasteiger partial charge in [0.1, 0.15) is 0 Å². The summed E-state index contributed by atoms with van der Waals surface area (Å²) in [6.07, 6.45) is 0. The quantitative estimate of drug-likeness (QED) is 0.505. The van der Waals surface area contributed by atoms with Crippen LogP contribution < -0.4 is 14.9 Å². The third kappa shape index (κ3) is 6.13. The lowest BCUT2D eigenvalue weighted by molar-refractivity contribution is 0.193. The molecule has 0 amide bonds. The Hall–Kier alpha value is -2.87. The van der Waals surface area contributed by atoms with Crippen molar-refractivity contribution in [2.75, 3.05) is 42.3 Å². The molecule has 1 saturated heterocycles. The van der Waals surface area contributed by atoms with E-state index < -0.39 is 10.0 Å². The van der Waals surface area contributed by atoms with Crippen LogP contribution in [0.15, 0.2) is 89.8 Å². The van der Waals surface area contributed by atoms with Crippen molar-refractivity contribution in [3.05, 3.63) is 90.5 Å². The SMILES string of the molecule is CC(CNCc1ccccc1NS(=O)(=O)c1ccccc1)N1CCN(c2ccccc2)CC1. The molecule has 1 atom stereocenters. The Bertz CT molecular complexity index is 1120. The number of piperazine rings is 1. The first-order chi connectivity index (χ1) is 16.0. The number of hydrogen-bond donors (Lipinski definition) is 2. The number of nitrogens with one attached hydrogen (secondary N) is 2. The molecule has 1 aliphatic heterocycles. The number of anilines is 2. The lowest BCUT2D eigenvalue weighted by atomic mass is 10.1. The smallest absolute Gasteiger partial charge is 0.261 e. The van der Waals surface area contributed by atoms with Crippen molar-refractivity contribution >= 4 is 21.4 Å². The second-order valence-corrected chi connectivity index (χ2v) is 10.1. The van der Waals surface area contributed by atoms with E-state index in [-0.39, 0.29) is 4.90 Å². The summed E-state index contributed by atoms with van der Waals surface area (Å²) in [6, 6.07) is 27.0. The van der Waals surface area contributed by atoms with Crippen LogP contribution in [0.1, 0.15) is 12.5 Å². The molecule has 1 aliphatic rings. The zero-order valence-corrected chi connectivity index (χ0v) is 19.8. The Morgan fingerprint density at radius 1 is 0.818 bits per heavy atom. The number of sulfonamides is 1. The molecule has 0 radical (unpaired) electrons. The van der Waals surface area contributed by atoms with Crippen molar-refractivity contribution in [2.45, 2.75) is 24.4 Å². The third-order valence-electron chi connectivity index (χ3n) is 6.13. The summed E-state index contributed by atoms with van der Waals surface area (Å²) in [7, 11) is -3.61. The second kappa shape index (κ2) is 10.8. The van der Waals surface area contributed by atoms with Gasteiger partial charge in [-0.1, -0.05) is 54.6 Å². The van der Waals surface area contributed by atoms with Gasteiger partial charge in [-0.05, 0) is 42.8 Å². The summed E-state index contributed by atoms with van der Waals surface area (Å²) in [5.41, 5.74) is 2.83. The van der Waals surface area contributed by atoms with E-state index in [2.05, 4.69) is 57.1 Å². The number of para-hydroxylation sites is 2. The molecule has 4 rings (SSSR count). The molecule has 3 aromatic carbocycles. The first-order valence-electron chi connectivity index (χ1n) is 11.4. The van der Waals surface area contributed by atoms with E-state index >= 15 is 0 Å². The van der Waals surface area contributed by atoms with Crippen LogP contribution in [0, 0.1) is 0 Å². The van der Waals surface area contributed by atoms with Gasteiger partial charge in [-0.15, -0.1) is 0 Å². The molecule has 1 heterocycles. The fourth-order valence-electron chi connectivity index (χ4n) is 4.18. The summed E-state index contributed by atoms with van der Waals surface area (Å²) < 4.78 is 28.2. The van der Waals surface area contributed by atoms with E-state index in [4.69, 9.17) is 0 Å². The van der Waals surface area contributed by atoms with Crippen LogP contribution in [0.2, 0.25) is 0 Å². The van der Waals surface area contributed by atoms with Crippen molar-refractivity contribution in [3.63, 3.8) is 0 Å². The monoisotopic (exact) mass is 464 g/mol. The number of rotatable bonds is 9. The average molecular weight is 465 g/mol. The van der Waals surface area contributed by atoms with Gasteiger partial charge in [0, 0.05) is 51.0 Å². The topological polar surface area (TPSA) is 64.7 Å². The summed E-state index contributed by atoms with van der Waals surface area (Å²) in [5.74, 6) is 0. The third-order valence-corrected chi connectivity index (χ3v) is 7.51. The van der Waals surface area contributed by atoms with Crippen molar-refractivity contribution in [2.24, 2.45) is 0 Å². The molecule has 0 saturated carbocycles. The maximum absolute atomic E-state index is 12.7. The van der Waals surface area contributed by atoms with Crippen LogP contribution in [0.3, 0.4) is 0 Å². The molecule has 1 unspecified atom stereocenters. The molecule has 2 N–H and O–H groups in total. The van der Waals surface area contributed by atoms with Crippen molar-refractivity contribution in [1.82, 2.24) is 10.2 Å². The van der Waals surface area contributed by atoms with Gasteiger partial charge in [-0.25, -0.2) is 8.42 Å². The van der Waals surface area contributed by atoms with Crippen LogP contribution >= 0.6 is 0 Å². The van der Waals surface area contributed by atoms with Gasteiger partial charge in [0.2, 0.25) is 0 Å². The number of hydrogen-bond acceptors (Lipinski definition) is 5. The summed E-state index contributed by atoms with van der Waals surface area (Å²) >= 11 is 0. The van der Waals surface area contributed by atoms with Gasteiger partial charge in [-0.3, -0.25) is 9.62 Å². The highest BCUT2D eigenvalue weighted by molar-refractivity contribution is 7.92. The van der Waals surface area contributed by atoms with Gasteiger partial charge >= 0.3 is 0 Å². The minimum absolute atomic E-state index is 0.260. The number of benzene rings is 3. The molecule has 0 bridgehead atoms. The second-order valence-electron chi connectivity index (χ2n) is 8.41. The van der Waals surface area contributed by atoms with Gasteiger partial charge in [0.05, 0.1) is 10.6 Å². The molecule has 0 aliphatic carbocycles. The Balaban J connectivity index is 1.29. The number of nitrogens with zero attached hydrogens (tertiary/aromatic N) is 2. The van der Waals surface area contributed by atoms with Crippen LogP contribution in [0.4, 0.5) is 11.4 Å². The van der Waals surface area contributed by atoms with E-state index in [1.54, 1.807) is 30.3 Å². The van der Waals surface area contributed by atoms with Crippen LogP contribution in [0.5, 0.6) is 0 Å². The van der Waals surface area contributed by atoms with Gasteiger partial charge in [0.25, 0.3) is 10.0 Å². The Kier molecular flexibility index (Phi) is 7.65. The molecular formula is C26H32N4O2S. The van der Waals surface area contributed by atoms with E-state index in [0.29, 0.717) is 18.3 Å². The average Bonchev–Trinajstić information content (AvgIpc) is 2.86. The lowest BCUT2D eigenvalue weighted by Gasteiger charge is -2.39. The first kappa shape index (κ1) is 23.3. The zero-order valence-electron chi connectivity index (χ0n) is 19.0. The van der Waals surface area contributed by atoms with E-state index in [1.165, 1.54) is 5.69 Å². The predicted octanol–water partition coefficient (Wildman–Crippen LogP) is 3.79. The van der Waals surface area contributed by atoms with Crippen molar-refractivity contribution in [1.29, 1.82) is 0 Å². The highest BCUT2D eigenvalue weighted by Gasteiger charge is 2.21. The molecule has 174 valence electrons. The lowest BCUT2D eigenvalue weighted by Crippen LogP contribution is -2.51. The Morgan fingerprint density at radius 2 is 1.42 bits per heavy atom. The maximum atomic E-state index is 12.7. The molecule has 1 fully saturated rings. The Morgan fingerprint density at radius 3 is 2.12 bits per heavy atom. The van der Waals surface area contributed by atoms with Crippen LogP contribution in [0.25, 0.3) is 0 Å². The summed E-state index contributed by atoms with van der Waals surface area (Å²) in [5, 5.41) is 3.52.